The highest BCUT2D eigenvalue weighted by Gasteiger charge is 2.23. The molecular formula is C17H24N2O2. The number of fused-ring (bicyclic) bond motifs is 1. The number of aromatic carboxylic acids is 1. The Morgan fingerprint density at radius 2 is 2.10 bits per heavy atom. The van der Waals surface area contributed by atoms with Crippen molar-refractivity contribution in [3.05, 3.63) is 22.9 Å². The van der Waals surface area contributed by atoms with E-state index in [1.165, 1.54) is 12.8 Å². The first-order valence-corrected chi connectivity index (χ1v) is 8.16. The van der Waals surface area contributed by atoms with Crippen LogP contribution in [0.4, 0.5) is 5.82 Å². The summed E-state index contributed by atoms with van der Waals surface area (Å²) in [7, 11) is 0. The fourth-order valence-corrected chi connectivity index (χ4v) is 3.67. The normalized spacial score (nSPS) is 25.2. The monoisotopic (exact) mass is 288 g/mol. The van der Waals surface area contributed by atoms with Gasteiger partial charge in [-0.1, -0.05) is 19.8 Å². The summed E-state index contributed by atoms with van der Waals surface area (Å²) < 4.78 is 0. The number of pyridine rings is 1. The van der Waals surface area contributed by atoms with Crippen LogP contribution in [0.25, 0.3) is 0 Å². The Morgan fingerprint density at radius 1 is 1.29 bits per heavy atom. The molecule has 0 aromatic carbocycles. The highest BCUT2D eigenvalue weighted by atomic mass is 16.4. The third kappa shape index (κ3) is 3.20. The Balaban J connectivity index is 1.87. The van der Waals surface area contributed by atoms with E-state index in [0.29, 0.717) is 23.3 Å². The second kappa shape index (κ2) is 6.04. The van der Waals surface area contributed by atoms with Crippen LogP contribution in [0.1, 0.15) is 67.1 Å². The minimum absolute atomic E-state index is 0.342. The highest BCUT2D eigenvalue weighted by molar-refractivity contribution is 5.93. The summed E-state index contributed by atoms with van der Waals surface area (Å²) in [5.41, 5.74) is 2.56. The van der Waals surface area contributed by atoms with Gasteiger partial charge in [-0.05, 0) is 56.1 Å². The third-order valence-electron chi connectivity index (χ3n) is 4.81. The summed E-state index contributed by atoms with van der Waals surface area (Å²) in [5, 5.41) is 12.9. The Morgan fingerprint density at radius 3 is 2.86 bits per heavy atom. The average Bonchev–Trinajstić information content (AvgIpc) is 2.46. The van der Waals surface area contributed by atoms with Crippen molar-refractivity contribution in [2.75, 3.05) is 5.32 Å². The predicted molar refractivity (Wildman–Crippen MR) is 82.9 cm³/mol. The molecule has 2 aliphatic rings. The third-order valence-corrected chi connectivity index (χ3v) is 4.81. The predicted octanol–water partition coefficient (Wildman–Crippen LogP) is 3.65. The maximum Gasteiger partial charge on any atom is 0.339 e. The van der Waals surface area contributed by atoms with Gasteiger partial charge in [-0.3, -0.25) is 0 Å². The van der Waals surface area contributed by atoms with Crippen LogP contribution >= 0.6 is 0 Å². The Bertz CT molecular complexity index is 542. The molecule has 114 valence electrons. The first-order valence-electron chi connectivity index (χ1n) is 8.16. The first kappa shape index (κ1) is 14.4. The summed E-state index contributed by atoms with van der Waals surface area (Å²) in [6.07, 6.45) is 8.95. The number of hydrogen-bond acceptors (Lipinski definition) is 3. The molecule has 2 N–H and O–H groups in total. The van der Waals surface area contributed by atoms with Gasteiger partial charge < -0.3 is 10.4 Å². The number of carboxylic acids is 1. The molecule has 0 aliphatic heterocycles. The summed E-state index contributed by atoms with van der Waals surface area (Å²) in [4.78, 5) is 16.2. The summed E-state index contributed by atoms with van der Waals surface area (Å²) in [6, 6.07) is 2.21. The summed E-state index contributed by atoms with van der Waals surface area (Å²) in [5.74, 6) is 0.423. The van der Waals surface area contributed by atoms with Gasteiger partial charge in [0.25, 0.3) is 0 Å². The first-order chi connectivity index (χ1) is 10.1. The van der Waals surface area contributed by atoms with Gasteiger partial charge in [0.2, 0.25) is 0 Å². The van der Waals surface area contributed by atoms with Crippen LogP contribution in [0.3, 0.4) is 0 Å². The molecule has 21 heavy (non-hydrogen) atoms. The molecule has 1 aromatic rings. The largest absolute Gasteiger partial charge is 0.478 e. The molecule has 0 bridgehead atoms. The fraction of sp³-hybridized carbons (Fsp3) is 0.647. The van der Waals surface area contributed by atoms with Gasteiger partial charge >= 0.3 is 5.97 Å². The van der Waals surface area contributed by atoms with E-state index in [9.17, 15) is 9.90 Å². The maximum absolute atomic E-state index is 11.5. The van der Waals surface area contributed by atoms with Crippen molar-refractivity contribution in [3.8, 4) is 0 Å². The van der Waals surface area contributed by atoms with E-state index in [1.54, 1.807) is 0 Å². The van der Waals surface area contributed by atoms with E-state index in [4.69, 9.17) is 0 Å². The number of carbonyl (C=O) groups is 1. The van der Waals surface area contributed by atoms with E-state index in [0.717, 1.165) is 49.8 Å². The Kier molecular flexibility index (Phi) is 4.13. The van der Waals surface area contributed by atoms with Crippen LogP contribution in [0.2, 0.25) is 0 Å². The molecule has 0 spiro atoms. The molecule has 1 heterocycles. The lowest BCUT2D eigenvalue weighted by molar-refractivity contribution is 0.0697. The highest BCUT2D eigenvalue weighted by Crippen LogP contribution is 2.29. The molecule has 0 radical (unpaired) electrons. The minimum atomic E-state index is -0.873. The summed E-state index contributed by atoms with van der Waals surface area (Å²) in [6.45, 7) is 2.27. The van der Waals surface area contributed by atoms with Gasteiger partial charge in [-0.2, -0.15) is 0 Å². The van der Waals surface area contributed by atoms with Crippen LogP contribution in [0, 0.1) is 5.92 Å². The zero-order chi connectivity index (χ0) is 14.8. The number of hydrogen-bond donors (Lipinski definition) is 2. The van der Waals surface area contributed by atoms with Crippen molar-refractivity contribution in [2.45, 2.75) is 64.3 Å². The zero-order valence-corrected chi connectivity index (χ0v) is 12.7. The van der Waals surface area contributed by atoms with Gasteiger partial charge in [0.15, 0.2) is 0 Å². The molecular weight excluding hydrogens is 264 g/mol. The van der Waals surface area contributed by atoms with Crippen LogP contribution in [-0.4, -0.2) is 22.1 Å². The van der Waals surface area contributed by atoms with E-state index in [-0.39, 0.29) is 0 Å². The van der Waals surface area contributed by atoms with Crippen molar-refractivity contribution in [2.24, 2.45) is 5.92 Å². The van der Waals surface area contributed by atoms with Gasteiger partial charge in [-0.15, -0.1) is 0 Å². The van der Waals surface area contributed by atoms with Gasteiger partial charge in [0.05, 0.1) is 0 Å². The quantitative estimate of drug-likeness (QED) is 0.891. The fourth-order valence-electron chi connectivity index (χ4n) is 3.67. The van der Waals surface area contributed by atoms with Gasteiger partial charge in [0.1, 0.15) is 11.4 Å². The number of anilines is 1. The molecule has 2 unspecified atom stereocenters. The number of aryl methyl sites for hydroxylation is 2. The van der Waals surface area contributed by atoms with Crippen molar-refractivity contribution in [1.82, 2.24) is 4.98 Å². The van der Waals surface area contributed by atoms with E-state index < -0.39 is 5.97 Å². The van der Waals surface area contributed by atoms with Crippen molar-refractivity contribution < 1.29 is 9.90 Å². The molecule has 2 atom stereocenters. The van der Waals surface area contributed by atoms with Crippen LogP contribution in [0.5, 0.6) is 0 Å². The Labute approximate surface area is 126 Å². The molecule has 1 fully saturated rings. The second-order valence-corrected chi connectivity index (χ2v) is 6.62. The SMILES string of the molecule is CC1CCCC(Nc2nc3c(cc2C(=O)O)CCCC3)C1. The second-order valence-electron chi connectivity index (χ2n) is 6.62. The van der Waals surface area contributed by atoms with Crippen LogP contribution < -0.4 is 5.32 Å². The van der Waals surface area contributed by atoms with E-state index in [1.807, 2.05) is 6.07 Å². The molecule has 1 saturated carbocycles. The van der Waals surface area contributed by atoms with E-state index in [2.05, 4.69) is 17.2 Å². The maximum atomic E-state index is 11.5. The topological polar surface area (TPSA) is 62.2 Å². The summed E-state index contributed by atoms with van der Waals surface area (Å²) >= 11 is 0. The molecule has 0 saturated heterocycles. The van der Waals surface area contributed by atoms with Crippen molar-refractivity contribution >= 4 is 11.8 Å². The smallest absolute Gasteiger partial charge is 0.339 e. The lowest BCUT2D eigenvalue weighted by Gasteiger charge is -2.29. The average molecular weight is 288 g/mol. The van der Waals surface area contributed by atoms with Crippen molar-refractivity contribution in [3.63, 3.8) is 0 Å². The van der Waals surface area contributed by atoms with Crippen LogP contribution in [-0.2, 0) is 12.8 Å². The molecule has 4 nitrogen and oxygen atoms in total. The minimum Gasteiger partial charge on any atom is -0.478 e. The van der Waals surface area contributed by atoms with Crippen molar-refractivity contribution in [1.29, 1.82) is 0 Å². The zero-order valence-electron chi connectivity index (χ0n) is 12.7. The number of aromatic nitrogens is 1. The van der Waals surface area contributed by atoms with E-state index >= 15 is 0 Å². The van der Waals surface area contributed by atoms with Gasteiger partial charge in [-0.25, -0.2) is 9.78 Å². The number of rotatable bonds is 3. The number of nitrogens with one attached hydrogen (secondary N) is 1. The molecule has 3 rings (SSSR count). The lowest BCUT2D eigenvalue weighted by Crippen LogP contribution is -2.28. The van der Waals surface area contributed by atoms with Crippen LogP contribution in [0.15, 0.2) is 6.07 Å². The number of carboxylic acid groups (broad SMARTS) is 1. The standard InChI is InChI=1S/C17H24N2O2/c1-11-5-4-7-13(9-11)18-16-14(17(20)21)10-12-6-2-3-8-15(12)19-16/h10-11,13H,2-9H2,1H3,(H,18,19)(H,20,21). The molecule has 4 heteroatoms. The molecule has 0 amide bonds. The van der Waals surface area contributed by atoms with Gasteiger partial charge in [0, 0.05) is 11.7 Å². The number of nitrogens with zero attached hydrogens (tertiary/aromatic N) is 1. The lowest BCUT2D eigenvalue weighted by atomic mass is 9.87. The molecule has 2 aliphatic carbocycles. The Hall–Kier alpha value is -1.58. The molecule has 1 aromatic heterocycles.